The van der Waals surface area contributed by atoms with E-state index in [1.807, 2.05) is 20.0 Å². The Labute approximate surface area is 130 Å². The van der Waals surface area contributed by atoms with E-state index in [2.05, 4.69) is 4.90 Å². The minimum Gasteiger partial charge on any atom is -0.305 e. The molecule has 1 aliphatic rings. The molecule has 0 aromatic heterocycles. The highest BCUT2D eigenvalue weighted by atomic mass is 35.5. The highest BCUT2D eigenvalue weighted by molar-refractivity contribution is 7.89. The molecule has 7 heteroatoms. The largest absolute Gasteiger partial charge is 0.305 e. The van der Waals surface area contributed by atoms with Gasteiger partial charge in [-0.1, -0.05) is 11.6 Å². The number of nitriles is 1. The lowest BCUT2D eigenvalue weighted by molar-refractivity contribution is 0.290. The fourth-order valence-electron chi connectivity index (χ4n) is 2.59. The van der Waals surface area contributed by atoms with Crippen LogP contribution in [0.2, 0.25) is 5.02 Å². The number of nitrogens with zero attached hydrogens (tertiary/aromatic N) is 3. The predicted octanol–water partition coefficient (Wildman–Crippen LogP) is 1.93. The molecular weight excluding hydrogens is 310 g/mol. The highest BCUT2D eigenvalue weighted by Gasteiger charge is 2.31. The summed E-state index contributed by atoms with van der Waals surface area (Å²) in [4.78, 5) is 2.27. The van der Waals surface area contributed by atoms with Gasteiger partial charge >= 0.3 is 0 Å². The van der Waals surface area contributed by atoms with E-state index in [0.29, 0.717) is 13.1 Å². The zero-order chi connectivity index (χ0) is 15.6. The molecule has 114 valence electrons. The predicted molar refractivity (Wildman–Crippen MR) is 81.6 cm³/mol. The van der Waals surface area contributed by atoms with Gasteiger partial charge in [-0.3, -0.25) is 0 Å². The summed E-state index contributed by atoms with van der Waals surface area (Å²) in [7, 11) is -1.60. The zero-order valence-electron chi connectivity index (χ0n) is 12.1. The topological polar surface area (TPSA) is 64.4 Å². The van der Waals surface area contributed by atoms with Crippen molar-refractivity contribution in [2.24, 2.45) is 0 Å². The molecule has 1 aliphatic heterocycles. The molecule has 1 heterocycles. The van der Waals surface area contributed by atoms with Crippen LogP contribution >= 0.6 is 11.6 Å². The average Bonchev–Trinajstić information content (AvgIpc) is 2.59. The van der Waals surface area contributed by atoms with Gasteiger partial charge in [0, 0.05) is 19.1 Å². The van der Waals surface area contributed by atoms with E-state index in [9.17, 15) is 8.42 Å². The van der Waals surface area contributed by atoms with Crippen molar-refractivity contribution in [1.29, 1.82) is 5.26 Å². The van der Waals surface area contributed by atoms with E-state index in [1.54, 1.807) is 0 Å². The summed E-state index contributed by atoms with van der Waals surface area (Å²) in [6, 6.07) is 6.08. The third-order valence-corrected chi connectivity index (χ3v) is 5.98. The summed E-state index contributed by atoms with van der Waals surface area (Å²) < 4.78 is 27.1. The standard InChI is InChI=1S/C14H18ClN3O2S/c1-11-10-17(2)6-3-7-18(11)21(19,20)13-5-4-12(9-16)14(15)8-13/h4-5,8,11H,3,6-7,10H2,1-2H3. The van der Waals surface area contributed by atoms with E-state index in [-0.39, 0.29) is 21.5 Å². The second-order valence-electron chi connectivity index (χ2n) is 5.33. The summed E-state index contributed by atoms with van der Waals surface area (Å²) >= 11 is 5.95. The van der Waals surface area contributed by atoms with Crippen LogP contribution in [-0.2, 0) is 10.0 Å². The second kappa shape index (κ2) is 6.32. The monoisotopic (exact) mass is 327 g/mol. The zero-order valence-corrected chi connectivity index (χ0v) is 13.7. The molecule has 0 bridgehead atoms. The van der Waals surface area contributed by atoms with E-state index >= 15 is 0 Å². The van der Waals surface area contributed by atoms with Crippen molar-refractivity contribution < 1.29 is 8.42 Å². The van der Waals surface area contributed by atoms with Crippen LogP contribution in [-0.4, -0.2) is 50.3 Å². The van der Waals surface area contributed by atoms with E-state index in [0.717, 1.165) is 13.0 Å². The average molecular weight is 328 g/mol. The molecule has 0 spiro atoms. The quantitative estimate of drug-likeness (QED) is 0.832. The van der Waals surface area contributed by atoms with Gasteiger partial charge in [-0.2, -0.15) is 9.57 Å². The van der Waals surface area contributed by atoms with Crippen LogP contribution in [0.25, 0.3) is 0 Å². The Morgan fingerprint density at radius 3 is 2.71 bits per heavy atom. The summed E-state index contributed by atoms with van der Waals surface area (Å²) in [5.41, 5.74) is 0.277. The normalized spacial score (nSPS) is 21.7. The lowest BCUT2D eigenvalue weighted by Gasteiger charge is -2.27. The third-order valence-electron chi connectivity index (χ3n) is 3.65. The molecule has 1 atom stereocenters. The molecule has 21 heavy (non-hydrogen) atoms. The molecule has 2 rings (SSSR count). The van der Waals surface area contributed by atoms with Gasteiger partial charge in [0.25, 0.3) is 0 Å². The number of hydrogen-bond donors (Lipinski definition) is 0. The molecule has 1 saturated heterocycles. The molecule has 0 saturated carbocycles. The van der Waals surface area contributed by atoms with Crippen molar-refractivity contribution in [3.63, 3.8) is 0 Å². The van der Waals surface area contributed by atoms with E-state index in [1.165, 1.54) is 22.5 Å². The third kappa shape index (κ3) is 3.38. The van der Waals surface area contributed by atoms with Gasteiger partial charge in [0.15, 0.2) is 0 Å². The first-order chi connectivity index (χ1) is 9.86. The van der Waals surface area contributed by atoms with Gasteiger partial charge in [-0.25, -0.2) is 8.42 Å². The maximum absolute atomic E-state index is 12.8. The number of sulfonamides is 1. The molecule has 1 unspecified atom stereocenters. The van der Waals surface area contributed by atoms with Crippen LogP contribution in [0.3, 0.4) is 0 Å². The minimum atomic E-state index is -3.59. The maximum atomic E-state index is 12.8. The SMILES string of the molecule is CC1CN(C)CCCN1S(=O)(=O)c1ccc(C#N)c(Cl)c1. The molecule has 5 nitrogen and oxygen atoms in total. The molecule has 0 radical (unpaired) electrons. The molecule has 0 amide bonds. The van der Waals surface area contributed by atoms with Crippen LogP contribution in [0, 0.1) is 11.3 Å². The van der Waals surface area contributed by atoms with Gasteiger partial charge < -0.3 is 4.90 Å². The Kier molecular flexibility index (Phi) is 4.89. The number of halogens is 1. The number of hydrogen-bond acceptors (Lipinski definition) is 4. The Morgan fingerprint density at radius 2 is 2.10 bits per heavy atom. The lowest BCUT2D eigenvalue weighted by Crippen LogP contribution is -2.41. The molecule has 0 aliphatic carbocycles. The van der Waals surface area contributed by atoms with Crippen molar-refractivity contribution >= 4 is 21.6 Å². The van der Waals surface area contributed by atoms with Crippen molar-refractivity contribution in [1.82, 2.24) is 9.21 Å². The van der Waals surface area contributed by atoms with Crippen LogP contribution < -0.4 is 0 Å². The van der Waals surface area contributed by atoms with Crippen molar-refractivity contribution in [2.45, 2.75) is 24.3 Å². The summed E-state index contributed by atoms with van der Waals surface area (Å²) in [6.07, 6.45) is 0.796. The second-order valence-corrected chi connectivity index (χ2v) is 7.63. The van der Waals surface area contributed by atoms with Gasteiger partial charge in [0.05, 0.1) is 15.5 Å². The molecule has 1 fully saturated rings. The van der Waals surface area contributed by atoms with Crippen LogP contribution in [0.1, 0.15) is 18.9 Å². The lowest BCUT2D eigenvalue weighted by atomic mass is 10.2. The van der Waals surface area contributed by atoms with E-state index < -0.39 is 10.0 Å². The summed E-state index contributed by atoms with van der Waals surface area (Å²) in [5, 5.41) is 9.03. The fraction of sp³-hybridized carbons (Fsp3) is 0.500. The van der Waals surface area contributed by atoms with Gasteiger partial charge in [-0.05, 0) is 45.1 Å². The van der Waals surface area contributed by atoms with Gasteiger partial charge in [-0.15, -0.1) is 0 Å². The van der Waals surface area contributed by atoms with E-state index in [4.69, 9.17) is 16.9 Å². The first kappa shape index (κ1) is 16.2. The highest BCUT2D eigenvalue weighted by Crippen LogP contribution is 2.25. The van der Waals surface area contributed by atoms with Crippen molar-refractivity contribution in [2.75, 3.05) is 26.7 Å². The van der Waals surface area contributed by atoms with Gasteiger partial charge in [0.2, 0.25) is 10.0 Å². The summed E-state index contributed by atoms with van der Waals surface area (Å²) in [5.74, 6) is 0. The van der Waals surface area contributed by atoms with Crippen LogP contribution in [0.4, 0.5) is 0 Å². The first-order valence-electron chi connectivity index (χ1n) is 6.76. The number of rotatable bonds is 2. The minimum absolute atomic E-state index is 0.100. The van der Waals surface area contributed by atoms with Gasteiger partial charge in [0.1, 0.15) is 6.07 Å². The van der Waals surface area contributed by atoms with Crippen molar-refractivity contribution in [3.05, 3.63) is 28.8 Å². The first-order valence-corrected chi connectivity index (χ1v) is 8.58. The summed E-state index contributed by atoms with van der Waals surface area (Å²) in [6.45, 7) is 3.98. The Morgan fingerprint density at radius 1 is 1.38 bits per heavy atom. The molecule has 1 aromatic rings. The van der Waals surface area contributed by atoms with Crippen LogP contribution in [0.5, 0.6) is 0 Å². The smallest absolute Gasteiger partial charge is 0.243 e. The van der Waals surface area contributed by atoms with Crippen molar-refractivity contribution in [3.8, 4) is 6.07 Å². The molecule has 0 N–H and O–H groups in total. The Balaban J connectivity index is 2.37. The molecular formula is C14H18ClN3O2S. The fourth-order valence-corrected chi connectivity index (χ4v) is 4.56. The molecule has 1 aromatic carbocycles. The van der Waals surface area contributed by atoms with Crippen LogP contribution in [0.15, 0.2) is 23.1 Å². The maximum Gasteiger partial charge on any atom is 0.243 e. The Bertz CT molecular complexity index is 669. The number of benzene rings is 1. The number of likely N-dealkylation sites (N-methyl/N-ethyl adjacent to an activating group) is 1. The Hall–Kier alpha value is -1.13.